The molecule has 2 N–H and O–H groups in total. The Morgan fingerprint density at radius 1 is 0.628 bits per heavy atom. The Kier molecular flexibility index (Phi) is 30.7. The molecule has 0 aliphatic heterocycles. The number of carbonyl (C=O) groups excluding carboxylic acids is 2. The summed E-state index contributed by atoms with van der Waals surface area (Å²) in [6.07, 6.45) is 38.4. The van der Waals surface area contributed by atoms with Gasteiger partial charge in [0.05, 0.1) is 0 Å². The number of carbonyl (C=O) groups is 3. The van der Waals surface area contributed by atoms with Gasteiger partial charge in [0, 0.05) is 12.8 Å². The monoisotopic (exact) mass is 603 g/mol. The predicted molar refractivity (Wildman–Crippen MR) is 180 cm³/mol. The van der Waals surface area contributed by atoms with E-state index >= 15 is 0 Å². The standard InChI is InChI=1S/C37H65NO5/c1-3-5-7-9-11-13-14-15-16-18-20-22-28-32-37(42)43-34(29-25-21-19-17-12-10-8-6-4-2)30-26-23-24-27-31-35(39)38-33-36(40)41/h13-14,17,19,25,29,34H,3-12,15-16,18,20-24,26-28,30-33H2,1-2H3,(H,38,39)(H,40,41)/b14-13-,19-17-,29-25-. The van der Waals surface area contributed by atoms with E-state index in [-0.39, 0.29) is 24.5 Å². The number of unbranched alkanes of at least 4 members (excludes halogenated alkanes) is 16. The summed E-state index contributed by atoms with van der Waals surface area (Å²) in [6, 6.07) is 0. The molecular weight excluding hydrogens is 538 g/mol. The zero-order valence-corrected chi connectivity index (χ0v) is 27.8. The lowest BCUT2D eigenvalue weighted by atomic mass is 10.1. The van der Waals surface area contributed by atoms with Gasteiger partial charge in [-0.3, -0.25) is 14.4 Å². The van der Waals surface area contributed by atoms with Crippen LogP contribution in [-0.4, -0.2) is 35.6 Å². The lowest BCUT2D eigenvalue weighted by Gasteiger charge is -2.14. The van der Waals surface area contributed by atoms with Crippen LogP contribution in [0.15, 0.2) is 36.5 Å². The highest BCUT2D eigenvalue weighted by Crippen LogP contribution is 2.14. The van der Waals surface area contributed by atoms with Gasteiger partial charge < -0.3 is 15.2 Å². The second-order valence-electron chi connectivity index (χ2n) is 11.8. The van der Waals surface area contributed by atoms with Crippen molar-refractivity contribution >= 4 is 17.8 Å². The molecule has 0 fully saturated rings. The fourth-order valence-corrected chi connectivity index (χ4v) is 4.87. The second kappa shape index (κ2) is 32.5. The van der Waals surface area contributed by atoms with Crippen molar-refractivity contribution in [2.45, 2.75) is 174 Å². The first-order chi connectivity index (χ1) is 21.0. The number of amides is 1. The van der Waals surface area contributed by atoms with E-state index in [9.17, 15) is 14.4 Å². The van der Waals surface area contributed by atoms with Crippen molar-refractivity contribution in [3.63, 3.8) is 0 Å². The second-order valence-corrected chi connectivity index (χ2v) is 11.8. The van der Waals surface area contributed by atoms with Gasteiger partial charge in [0.25, 0.3) is 0 Å². The van der Waals surface area contributed by atoms with Crippen LogP contribution < -0.4 is 5.32 Å². The molecule has 0 saturated heterocycles. The van der Waals surface area contributed by atoms with Gasteiger partial charge in [-0.2, -0.15) is 0 Å². The molecule has 0 saturated carbocycles. The fraction of sp³-hybridized carbons (Fsp3) is 0.757. The molecule has 0 radical (unpaired) electrons. The normalized spacial score (nSPS) is 12.4. The van der Waals surface area contributed by atoms with E-state index in [1.165, 1.54) is 77.0 Å². The van der Waals surface area contributed by atoms with Crippen LogP contribution in [0, 0.1) is 0 Å². The Hall–Kier alpha value is -2.37. The van der Waals surface area contributed by atoms with Crippen molar-refractivity contribution < 1.29 is 24.2 Å². The molecule has 0 aliphatic carbocycles. The summed E-state index contributed by atoms with van der Waals surface area (Å²) in [7, 11) is 0. The SMILES string of the molecule is CCCCCC/C=C\C/C=C\C(CCCCCCC(=O)NCC(=O)O)OC(=O)CCCCCCC/C=C\CCCCCC. The largest absolute Gasteiger partial charge is 0.480 e. The number of allylic oxidation sites excluding steroid dienone is 5. The van der Waals surface area contributed by atoms with Crippen molar-refractivity contribution in [2.24, 2.45) is 0 Å². The van der Waals surface area contributed by atoms with E-state index < -0.39 is 5.97 Å². The zero-order chi connectivity index (χ0) is 31.6. The van der Waals surface area contributed by atoms with Crippen LogP contribution in [0.25, 0.3) is 0 Å². The number of rotatable bonds is 31. The Labute approximate surface area is 264 Å². The number of esters is 1. The van der Waals surface area contributed by atoms with Crippen LogP contribution >= 0.6 is 0 Å². The van der Waals surface area contributed by atoms with Crippen LogP contribution in [0.5, 0.6) is 0 Å². The molecule has 0 spiro atoms. The summed E-state index contributed by atoms with van der Waals surface area (Å²) < 4.78 is 5.85. The smallest absolute Gasteiger partial charge is 0.322 e. The highest BCUT2D eigenvalue weighted by Gasteiger charge is 2.11. The number of aliphatic carboxylic acids is 1. The van der Waals surface area contributed by atoms with Gasteiger partial charge >= 0.3 is 11.9 Å². The minimum Gasteiger partial charge on any atom is -0.480 e. The quantitative estimate of drug-likeness (QED) is 0.0467. The summed E-state index contributed by atoms with van der Waals surface area (Å²) in [5.74, 6) is -1.36. The fourth-order valence-electron chi connectivity index (χ4n) is 4.87. The Balaban J connectivity index is 4.27. The van der Waals surface area contributed by atoms with Crippen LogP contribution in [-0.2, 0) is 19.1 Å². The molecule has 248 valence electrons. The highest BCUT2D eigenvalue weighted by atomic mass is 16.5. The molecular formula is C37H65NO5. The first-order valence-corrected chi connectivity index (χ1v) is 17.6. The highest BCUT2D eigenvalue weighted by molar-refractivity contribution is 5.80. The van der Waals surface area contributed by atoms with Crippen LogP contribution in [0.3, 0.4) is 0 Å². The zero-order valence-electron chi connectivity index (χ0n) is 27.8. The summed E-state index contributed by atoms with van der Waals surface area (Å²) >= 11 is 0. The van der Waals surface area contributed by atoms with E-state index in [0.717, 1.165) is 64.2 Å². The van der Waals surface area contributed by atoms with E-state index in [2.05, 4.69) is 49.5 Å². The summed E-state index contributed by atoms with van der Waals surface area (Å²) in [5.41, 5.74) is 0. The van der Waals surface area contributed by atoms with Gasteiger partial charge in [-0.15, -0.1) is 0 Å². The molecule has 0 bridgehead atoms. The molecule has 43 heavy (non-hydrogen) atoms. The maximum absolute atomic E-state index is 12.6. The summed E-state index contributed by atoms with van der Waals surface area (Å²) in [4.78, 5) is 34.8. The van der Waals surface area contributed by atoms with E-state index in [1.807, 2.05) is 6.08 Å². The van der Waals surface area contributed by atoms with Gasteiger partial charge in [-0.1, -0.05) is 115 Å². The molecule has 1 atom stereocenters. The minimum absolute atomic E-state index is 0.109. The molecule has 0 aliphatic rings. The van der Waals surface area contributed by atoms with Crippen LogP contribution in [0.1, 0.15) is 168 Å². The molecule has 1 unspecified atom stereocenters. The molecule has 6 nitrogen and oxygen atoms in total. The van der Waals surface area contributed by atoms with Gasteiger partial charge in [0.2, 0.25) is 5.91 Å². The average Bonchev–Trinajstić information content (AvgIpc) is 2.99. The Bertz CT molecular complexity index is 758. The van der Waals surface area contributed by atoms with Gasteiger partial charge in [-0.25, -0.2) is 0 Å². The third kappa shape index (κ3) is 32.4. The van der Waals surface area contributed by atoms with E-state index in [4.69, 9.17) is 9.84 Å². The van der Waals surface area contributed by atoms with Crippen molar-refractivity contribution in [2.75, 3.05) is 6.54 Å². The van der Waals surface area contributed by atoms with Crippen molar-refractivity contribution in [3.8, 4) is 0 Å². The van der Waals surface area contributed by atoms with Crippen LogP contribution in [0.2, 0.25) is 0 Å². The van der Waals surface area contributed by atoms with Gasteiger partial charge in [0.15, 0.2) is 0 Å². The number of carboxylic acids is 1. The predicted octanol–water partition coefficient (Wildman–Crippen LogP) is 10.2. The van der Waals surface area contributed by atoms with Gasteiger partial charge in [-0.05, 0) is 76.7 Å². The molecule has 0 aromatic carbocycles. The van der Waals surface area contributed by atoms with E-state index in [0.29, 0.717) is 12.8 Å². The average molecular weight is 604 g/mol. The van der Waals surface area contributed by atoms with E-state index in [1.54, 1.807) is 0 Å². The molecule has 0 aromatic heterocycles. The molecule has 0 aromatic rings. The molecule has 1 amide bonds. The van der Waals surface area contributed by atoms with Crippen molar-refractivity contribution in [3.05, 3.63) is 36.5 Å². The van der Waals surface area contributed by atoms with Crippen LogP contribution in [0.4, 0.5) is 0 Å². The Morgan fingerprint density at radius 2 is 1.14 bits per heavy atom. The number of hydrogen-bond acceptors (Lipinski definition) is 4. The van der Waals surface area contributed by atoms with Crippen molar-refractivity contribution in [1.82, 2.24) is 5.32 Å². The number of nitrogens with one attached hydrogen (secondary N) is 1. The lowest BCUT2D eigenvalue weighted by Crippen LogP contribution is -2.28. The minimum atomic E-state index is -1.03. The maximum Gasteiger partial charge on any atom is 0.322 e. The molecule has 0 rings (SSSR count). The van der Waals surface area contributed by atoms with Crippen molar-refractivity contribution in [1.29, 1.82) is 0 Å². The molecule has 0 heterocycles. The van der Waals surface area contributed by atoms with Gasteiger partial charge in [0.1, 0.15) is 12.6 Å². The summed E-state index contributed by atoms with van der Waals surface area (Å²) in [5, 5.41) is 11.0. The Morgan fingerprint density at radius 3 is 1.74 bits per heavy atom. The number of carboxylic acid groups (broad SMARTS) is 1. The first kappa shape index (κ1) is 40.6. The first-order valence-electron chi connectivity index (χ1n) is 17.6. The maximum atomic E-state index is 12.6. The lowest BCUT2D eigenvalue weighted by molar-refractivity contribution is -0.147. The summed E-state index contributed by atoms with van der Waals surface area (Å²) in [6.45, 7) is 4.14. The number of hydrogen-bond donors (Lipinski definition) is 2. The third-order valence-electron chi connectivity index (χ3n) is 7.52. The number of ether oxygens (including phenoxy) is 1. The molecule has 6 heteroatoms. The topological polar surface area (TPSA) is 92.7 Å². The third-order valence-corrected chi connectivity index (χ3v) is 7.52.